The highest BCUT2D eigenvalue weighted by Gasteiger charge is 2.36. The van der Waals surface area contributed by atoms with Gasteiger partial charge in [-0.05, 0) is 37.4 Å². The first-order valence-corrected chi connectivity index (χ1v) is 10.3. The summed E-state index contributed by atoms with van der Waals surface area (Å²) < 4.78 is 17.2. The zero-order valence-electron chi connectivity index (χ0n) is 13.2. The van der Waals surface area contributed by atoms with Crippen molar-refractivity contribution in [3.8, 4) is 0 Å². The van der Waals surface area contributed by atoms with Gasteiger partial charge in [-0.25, -0.2) is 0 Å². The second-order valence-electron chi connectivity index (χ2n) is 6.67. The van der Waals surface area contributed by atoms with Crippen molar-refractivity contribution >= 4 is 8.32 Å². The molecule has 0 radical (unpaired) electrons. The first-order chi connectivity index (χ1) is 8.83. The van der Waals surface area contributed by atoms with Gasteiger partial charge in [0.1, 0.15) is 0 Å². The van der Waals surface area contributed by atoms with E-state index >= 15 is 0 Å². The van der Waals surface area contributed by atoms with Gasteiger partial charge in [0.2, 0.25) is 0 Å². The van der Waals surface area contributed by atoms with Gasteiger partial charge in [-0.1, -0.05) is 32.9 Å². The van der Waals surface area contributed by atoms with Crippen LogP contribution in [0.5, 0.6) is 0 Å². The summed E-state index contributed by atoms with van der Waals surface area (Å²) in [6, 6.07) is 0. The van der Waals surface area contributed by atoms with Crippen molar-refractivity contribution in [1.29, 1.82) is 0 Å². The van der Waals surface area contributed by atoms with Crippen molar-refractivity contribution in [2.75, 3.05) is 19.8 Å². The summed E-state index contributed by atoms with van der Waals surface area (Å²) in [6.07, 6.45) is 7.49. The van der Waals surface area contributed by atoms with E-state index in [0.717, 1.165) is 19.4 Å². The summed E-state index contributed by atoms with van der Waals surface area (Å²) >= 11 is 0. The Labute approximate surface area is 119 Å². The topological polar surface area (TPSA) is 27.7 Å². The Morgan fingerprint density at radius 2 is 1.84 bits per heavy atom. The smallest absolute Gasteiger partial charge is 0.192 e. The van der Waals surface area contributed by atoms with Gasteiger partial charge in [0.15, 0.2) is 14.6 Å². The first kappa shape index (κ1) is 16.9. The molecule has 1 saturated heterocycles. The van der Waals surface area contributed by atoms with Crippen LogP contribution in [0.4, 0.5) is 0 Å². The highest BCUT2D eigenvalue weighted by molar-refractivity contribution is 6.74. The van der Waals surface area contributed by atoms with Gasteiger partial charge in [-0.3, -0.25) is 0 Å². The molecular formula is C15H30O3Si. The molecule has 0 saturated carbocycles. The predicted molar refractivity (Wildman–Crippen MR) is 81.8 cm³/mol. The lowest BCUT2D eigenvalue weighted by atomic mass is 10.2. The molecule has 0 amide bonds. The molecule has 0 aromatic carbocycles. The summed E-state index contributed by atoms with van der Waals surface area (Å²) in [5.74, 6) is 0. The Hall–Kier alpha value is -0.163. The fourth-order valence-electron chi connectivity index (χ4n) is 1.61. The van der Waals surface area contributed by atoms with E-state index in [-0.39, 0.29) is 11.3 Å². The van der Waals surface area contributed by atoms with Crippen LogP contribution in [-0.4, -0.2) is 34.4 Å². The third kappa shape index (κ3) is 6.21. The molecule has 0 N–H and O–H groups in total. The number of hydrogen-bond donors (Lipinski definition) is 0. The Bertz CT molecular complexity index is 276. The van der Waals surface area contributed by atoms with E-state index in [4.69, 9.17) is 13.9 Å². The van der Waals surface area contributed by atoms with Gasteiger partial charge in [0.25, 0.3) is 0 Å². The maximum atomic E-state index is 6.05. The van der Waals surface area contributed by atoms with E-state index < -0.39 is 8.32 Å². The molecule has 19 heavy (non-hydrogen) atoms. The third-order valence-corrected chi connectivity index (χ3v) is 8.53. The molecule has 0 aliphatic carbocycles. The highest BCUT2D eigenvalue weighted by Crippen LogP contribution is 2.36. The molecule has 0 aromatic rings. The van der Waals surface area contributed by atoms with Crippen LogP contribution in [0.1, 0.15) is 40.0 Å². The molecule has 1 fully saturated rings. The fraction of sp³-hybridized carbons (Fsp3) is 0.867. The van der Waals surface area contributed by atoms with Crippen LogP contribution < -0.4 is 0 Å². The summed E-state index contributed by atoms with van der Waals surface area (Å²) in [5.41, 5.74) is 0. The lowest BCUT2D eigenvalue weighted by Gasteiger charge is -2.35. The van der Waals surface area contributed by atoms with E-state index in [9.17, 15) is 0 Å². The second-order valence-corrected chi connectivity index (χ2v) is 11.5. The van der Waals surface area contributed by atoms with Crippen LogP contribution in [0.2, 0.25) is 18.1 Å². The number of ether oxygens (including phenoxy) is 2. The molecule has 112 valence electrons. The van der Waals surface area contributed by atoms with Crippen molar-refractivity contribution in [2.24, 2.45) is 0 Å². The zero-order valence-corrected chi connectivity index (χ0v) is 14.2. The summed E-state index contributed by atoms with van der Waals surface area (Å²) in [6.45, 7) is 13.4. The number of rotatable bonds is 6. The van der Waals surface area contributed by atoms with Crippen molar-refractivity contribution in [3.63, 3.8) is 0 Å². The normalized spacial score (nSPS) is 22.1. The van der Waals surface area contributed by atoms with Gasteiger partial charge in [0, 0.05) is 6.61 Å². The largest absolute Gasteiger partial charge is 0.413 e. The standard InChI is InChI=1S/C15H30O3Si/c1-15(2,3)19(4,5)18-13-9-8-12-17-14-10-6-7-11-16-14/h8-9,14H,6-7,10-13H2,1-5H3/b9-8+. The molecule has 1 rings (SSSR count). The minimum Gasteiger partial charge on any atom is -0.413 e. The quantitative estimate of drug-likeness (QED) is 0.543. The van der Waals surface area contributed by atoms with Gasteiger partial charge in [-0.15, -0.1) is 0 Å². The van der Waals surface area contributed by atoms with E-state index in [0.29, 0.717) is 13.2 Å². The fourth-order valence-corrected chi connectivity index (χ4v) is 2.56. The lowest BCUT2D eigenvalue weighted by Crippen LogP contribution is -2.40. The molecule has 4 heteroatoms. The Morgan fingerprint density at radius 1 is 1.16 bits per heavy atom. The lowest BCUT2D eigenvalue weighted by molar-refractivity contribution is -0.155. The average molecular weight is 286 g/mol. The molecule has 0 bridgehead atoms. The van der Waals surface area contributed by atoms with Crippen molar-refractivity contribution in [1.82, 2.24) is 0 Å². The van der Waals surface area contributed by atoms with Gasteiger partial charge < -0.3 is 13.9 Å². The highest BCUT2D eigenvalue weighted by atomic mass is 28.4. The maximum Gasteiger partial charge on any atom is 0.192 e. The summed E-state index contributed by atoms with van der Waals surface area (Å²) in [4.78, 5) is 0. The van der Waals surface area contributed by atoms with Crippen molar-refractivity contribution in [3.05, 3.63) is 12.2 Å². The molecule has 1 aliphatic rings. The van der Waals surface area contributed by atoms with E-state index in [2.05, 4.69) is 39.9 Å². The van der Waals surface area contributed by atoms with Crippen LogP contribution in [0.3, 0.4) is 0 Å². The molecule has 3 nitrogen and oxygen atoms in total. The summed E-state index contributed by atoms with van der Waals surface area (Å²) in [5, 5.41) is 0.271. The Morgan fingerprint density at radius 3 is 2.42 bits per heavy atom. The molecule has 1 aliphatic heterocycles. The Balaban J connectivity index is 2.13. The van der Waals surface area contributed by atoms with Crippen molar-refractivity contribution < 1.29 is 13.9 Å². The van der Waals surface area contributed by atoms with E-state index in [1.165, 1.54) is 6.42 Å². The summed E-state index contributed by atoms with van der Waals surface area (Å²) in [7, 11) is -1.61. The monoisotopic (exact) mass is 286 g/mol. The molecule has 1 atom stereocenters. The third-order valence-electron chi connectivity index (χ3n) is 4.03. The van der Waals surface area contributed by atoms with Crippen LogP contribution in [0.25, 0.3) is 0 Å². The minimum absolute atomic E-state index is 0.000269. The van der Waals surface area contributed by atoms with E-state index in [1.807, 2.05) is 6.08 Å². The predicted octanol–water partition coefficient (Wildman–Crippen LogP) is 4.11. The minimum atomic E-state index is -1.61. The average Bonchev–Trinajstić information content (AvgIpc) is 2.33. The molecular weight excluding hydrogens is 256 g/mol. The molecule has 1 unspecified atom stereocenters. The van der Waals surface area contributed by atoms with E-state index in [1.54, 1.807) is 0 Å². The molecule has 0 spiro atoms. The van der Waals surface area contributed by atoms with Gasteiger partial charge in [0.05, 0.1) is 13.2 Å². The van der Waals surface area contributed by atoms with Gasteiger partial charge in [-0.2, -0.15) is 0 Å². The molecule has 0 aromatic heterocycles. The molecule has 1 heterocycles. The first-order valence-electron chi connectivity index (χ1n) is 7.35. The second kappa shape index (κ2) is 7.57. The van der Waals surface area contributed by atoms with Crippen LogP contribution in [0, 0.1) is 0 Å². The maximum absolute atomic E-state index is 6.05. The van der Waals surface area contributed by atoms with Crippen LogP contribution >= 0.6 is 0 Å². The zero-order chi connectivity index (χ0) is 14.4. The van der Waals surface area contributed by atoms with Crippen LogP contribution in [-0.2, 0) is 13.9 Å². The van der Waals surface area contributed by atoms with Crippen LogP contribution in [0.15, 0.2) is 12.2 Å². The van der Waals surface area contributed by atoms with Crippen molar-refractivity contribution in [2.45, 2.75) is 64.5 Å². The number of hydrogen-bond acceptors (Lipinski definition) is 3. The van der Waals surface area contributed by atoms with Gasteiger partial charge >= 0.3 is 0 Å². The SMILES string of the molecule is CC(C)(C)[Si](C)(C)OC/C=C/COC1CCCCO1. The Kier molecular flexibility index (Phi) is 6.73.